The number of nitrogens with one attached hydrogen (secondary N) is 1. The maximum Gasteiger partial charge on any atom is 0.328 e. The van der Waals surface area contributed by atoms with Crippen LogP contribution in [0.1, 0.15) is 37.8 Å². The van der Waals surface area contributed by atoms with Gasteiger partial charge in [0.2, 0.25) is 0 Å². The van der Waals surface area contributed by atoms with Crippen molar-refractivity contribution in [1.82, 2.24) is 5.32 Å². The summed E-state index contributed by atoms with van der Waals surface area (Å²) >= 11 is 0. The van der Waals surface area contributed by atoms with Crippen molar-refractivity contribution in [3.8, 4) is 0 Å². The highest BCUT2D eigenvalue weighted by molar-refractivity contribution is 5.89. The topological polar surface area (TPSA) is 107 Å². The zero-order valence-corrected chi connectivity index (χ0v) is 17.5. The molecule has 0 fully saturated rings. The zero-order valence-electron chi connectivity index (χ0n) is 17.5. The molecule has 30 heavy (non-hydrogen) atoms. The summed E-state index contributed by atoms with van der Waals surface area (Å²) in [5.74, 6) is -1.86. The Kier molecular flexibility index (Phi) is 11.1. The Balaban J connectivity index is 0.000000479. The van der Waals surface area contributed by atoms with Crippen molar-refractivity contribution in [2.75, 3.05) is 13.1 Å². The van der Waals surface area contributed by atoms with Crippen molar-refractivity contribution in [2.24, 2.45) is 5.92 Å². The van der Waals surface area contributed by atoms with Crippen molar-refractivity contribution >= 4 is 11.9 Å². The van der Waals surface area contributed by atoms with Crippen LogP contribution in [-0.2, 0) is 15.2 Å². The van der Waals surface area contributed by atoms with Gasteiger partial charge in [0.15, 0.2) is 0 Å². The molecule has 6 nitrogen and oxygen atoms in total. The van der Waals surface area contributed by atoms with Gasteiger partial charge in [0, 0.05) is 12.2 Å². The van der Waals surface area contributed by atoms with Crippen molar-refractivity contribution in [2.45, 2.75) is 32.3 Å². The average molecular weight is 414 g/mol. The molecule has 0 atom stereocenters. The lowest BCUT2D eigenvalue weighted by atomic mass is 9.82. The highest BCUT2D eigenvalue weighted by Gasteiger charge is 2.30. The molecule has 0 bridgehead atoms. The van der Waals surface area contributed by atoms with E-state index in [1.54, 1.807) is 0 Å². The summed E-state index contributed by atoms with van der Waals surface area (Å²) < 4.78 is 0. The van der Waals surface area contributed by atoms with Gasteiger partial charge in [-0.3, -0.25) is 0 Å². The Morgan fingerprint density at radius 2 is 1.33 bits per heavy atom. The molecule has 0 aromatic heterocycles. The number of hydrogen-bond acceptors (Lipinski definition) is 4. The van der Waals surface area contributed by atoms with Crippen LogP contribution in [0, 0.1) is 5.92 Å². The second-order valence-electron chi connectivity index (χ2n) is 7.30. The van der Waals surface area contributed by atoms with Gasteiger partial charge in [-0.05, 0) is 43.0 Å². The molecule has 0 amide bonds. The molecule has 2 aromatic rings. The Bertz CT molecular complexity index is 732. The van der Waals surface area contributed by atoms with E-state index in [-0.39, 0.29) is 0 Å². The lowest BCUT2D eigenvalue weighted by molar-refractivity contribution is -0.134. The molecule has 0 saturated carbocycles. The number of carboxylic acid groups (broad SMARTS) is 2. The first-order chi connectivity index (χ1) is 14.3. The number of carbonyl (C=O) groups is 2. The van der Waals surface area contributed by atoms with Gasteiger partial charge in [-0.15, -0.1) is 0 Å². The fourth-order valence-electron chi connectivity index (χ4n) is 2.89. The van der Waals surface area contributed by atoms with Crippen molar-refractivity contribution in [1.29, 1.82) is 0 Å². The number of benzene rings is 2. The van der Waals surface area contributed by atoms with Gasteiger partial charge >= 0.3 is 11.9 Å². The molecule has 2 aromatic carbocycles. The van der Waals surface area contributed by atoms with Crippen LogP contribution in [0.4, 0.5) is 0 Å². The minimum absolute atomic E-state index is 0.558. The maximum atomic E-state index is 11.3. The molecule has 0 aliphatic rings. The van der Waals surface area contributed by atoms with Gasteiger partial charge < -0.3 is 20.6 Å². The largest absolute Gasteiger partial charge is 0.478 e. The van der Waals surface area contributed by atoms with Crippen LogP contribution in [0.15, 0.2) is 72.8 Å². The fraction of sp³-hybridized carbons (Fsp3) is 0.333. The Hall–Kier alpha value is -2.96. The second kappa shape index (κ2) is 13.3. The van der Waals surface area contributed by atoms with Crippen molar-refractivity contribution < 1.29 is 24.9 Å². The van der Waals surface area contributed by atoms with Crippen LogP contribution in [0.5, 0.6) is 0 Å². The van der Waals surface area contributed by atoms with Gasteiger partial charge in [-0.1, -0.05) is 74.5 Å². The SMILES string of the molecule is CC(C)CNCCCC(O)(c1ccccc1)c1ccccc1.O=C(O)/C=C\C(=O)O. The predicted octanol–water partition coefficient (Wildman–Crippen LogP) is 3.66. The summed E-state index contributed by atoms with van der Waals surface area (Å²) in [7, 11) is 0. The molecule has 6 heteroatoms. The molecule has 162 valence electrons. The van der Waals surface area contributed by atoms with E-state index in [9.17, 15) is 14.7 Å². The normalized spacial score (nSPS) is 11.2. The van der Waals surface area contributed by atoms with E-state index >= 15 is 0 Å². The standard InChI is InChI=1S/C20H27NO.C4H4O4/c1-17(2)16-21-15-9-14-20(22,18-10-5-3-6-11-18)19-12-7-4-8-13-19;5-3(6)1-2-4(7)8/h3-8,10-13,17,21-22H,9,14-16H2,1-2H3;1-2H,(H,5,6)(H,7,8)/b;2-1-. The summed E-state index contributed by atoms with van der Waals surface area (Å²) in [5, 5.41) is 30.4. The van der Waals surface area contributed by atoms with Gasteiger partial charge in [0.1, 0.15) is 5.60 Å². The molecule has 0 heterocycles. The quantitative estimate of drug-likeness (QED) is 0.350. The number of rotatable bonds is 10. The molecule has 0 radical (unpaired) electrons. The number of hydrogen-bond donors (Lipinski definition) is 4. The highest BCUT2D eigenvalue weighted by Crippen LogP contribution is 2.33. The predicted molar refractivity (Wildman–Crippen MR) is 117 cm³/mol. The first-order valence-corrected chi connectivity index (χ1v) is 9.93. The van der Waals surface area contributed by atoms with Gasteiger partial charge in [-0.25, -0.2) is 9.59 Å². The molecule has 0 saturated heterocycles. The van der Waals surface area contributed by atoms with E-state index in [4.69, 9.17) is 10.2 Å². The van der Waals surface area contributed by atoms with E-state index in [2.05, 4.69) is 19.2 Å². The van der Waals surface area contributed by atoms with E-state index in [0.717, 1.165) is 30.6 Å². The Labute approximate surface area is 177 Å². The summed E-state index contributed by atoms with van der Waals surface area (Å²) in [6.07, 6.45) is 2.77. The molecule has 0 spiro atoms. The number of carboxylic acids is 2. The summed E-state index contributed by atoms with van der Waals surface area (Å²) in [6, 6.07) is 19.9. The number of aliphatic hydroxyl groups is 1. The lowest BCUT2D eigenvalue weighted by Crippen LogP contribution is -2.29. The summed E-state index contributed by atoms with van der Waals surface area (Å²) in [4.78, 5) is 19.1. The monoisotopic (exact) mass is 413 g/mol. The van der Waals surface area contributed by atoms with Crippen LogP contribution in [0.25, 0.3) is 0 Å². The van der Waals surface area contributed by atoms with Gasteiger partial charge in [-0.2, -0.15) is 0 Å². The maximum absolute atomic E-state index is 11.3. The molecule has 4 N–H and O–H groups in total. The molecule has 0 aliphatic heterocycles. The van der Waals surface area contributed by atoms with E-state index in [1.807, 2.05) is 60.7 Å². The Morgan fingerprint density at radius 3 is 1.70 bits per heavy atom. The Morgan fingerprint density at radius 1 is 0.900 bits per heavy atom. The third-order valence-electron chi connectivity index (χ3n) is 4.32. The lowest BCUT2D eigenvalue weighted by Gasteiger charge is -2.29. The van der Waals surface area contributed by atoms with Crippen LogP contribution in [0.3, 0.4) is 0 Å². The second-order valence-corrected chi connectivity index (χ2v) is 7.30. The first-order valence-electron chi connectivity index (χ1n) is 9.93. The average Bonchev–Trinajstić information content (AvgIpc) is 2.73. The molecule has 0 unspecified atom stereocenters. The smallest absolute Gasteiger partial charge is 0.328 e. The van der Waals surface area contributed by atoms with Crippen LogP contribution < -0.4 is 5.32 Å². The van der Waals surface area contributed by atoms with Crippen LogP contribution in [0.2, 0.25) is 0 Å². The molecule has 0 aliphatic carbocycles. The van der Waals surface area contributed by atoms with E-state index < -0.39 is 17.5 Å². The highest BCUT2D eigenvalue weighted by atomic mass is 16.4. The minimum Gasteiger partial charge on any atom is -0.478 e. The number of aliphatic carboxylic acids is 2. The summed E-state index contributed by atoms with van der Waals surface area (Å²) in [6.45, 7) is 6.36. The third kappa shape index (κ3) is 9.49. The molecule has 2 rings (SSSR count). The molecular formula is C24H31NO5. The third-order valence-corrected chi connectivity index (χ3v) is 4.32. The molecular weight excluding hydrogens is 382 g/mol. The van der Waals surface area contributed by atoms with Crippen LogP contribution in [-0.4, -0.2) is 40.3 Å². The van der Waals surface area contributed by atoms with Crippen molar-refractivity contribution in [3.05, 3.63) is 83.9 Å². The zero-order chi connectivity index (χ0) is 22.4. The summed E-state index contributed by atoms with van der Waals surface area (Å²) in [5.41, 5.74) is 1.01. The minimum atomic E-state index is -1.26. The van der Waals surface area contributed by atoms with Crippen LogP contribution >= 0.6 is 0 Å². The van der Waals surface area contributed by atoms with E-state index in [0.29, 0.717) is 24.5 Å². The van der Waals surface area contributed by atoms with Crippen molar-refractivity contribution in [3.63, 3.8) is 0 Å². The fourth-order valence-corrected chi connectivity index (χ4v) is 2.89. The first kappa shape index (κ1) is 25.1. The van der Waals surface area contributed by atoms with E-state index in [1.165, 1.54) is 0 Å². The van der Waals surface area contributed by atoms with Gasteiger partial charge in [0.05, 0.1) is 0 Å². The van der Waals surface area contributed by atoms with Gasteiger partial charge in [0.25, 0.3) is 0 Å².